The Morgan fingerprint density at radius 2 is 2.28 bits per heavy atom. The lowest BCUT2D eigenvalue weighted by atomic mass is 10.1. The van der Waals surface area contributed by atoms with Crippen molar-refractivity contribution in [2.75, 3.05) is 0 Å². The Bertz CT molecular complexity index is 508. The van der Waals surface area contributed by atoms with Crippen LogP contribution in [0.3, 0.4) is 0 Å². The Labute approximate surface area is 119 Å². The average molecular weight is 330 g/mol. The molecule has 1 atom stereocenters. The van der Waals surface area contributed by atoms with Crippen molar-refractivity contribution in [1.29, 1.82) is 0 Å². The summed E-state index contributed by atoms with van der Waals surface area (Å²) < 4.78 is 11.2. The van der Waals surface area contributed by atoms with Gasteiger partial charge in [0.25, 0.3) is 0 Å². The maximum Gasteiger partial charge on any atom is 0.0914 e. The molecule has 2 aromatic rings. The molecule has 0 saturated carbocycles. The van der Waals surface area contributed by atoms with Gasteiger partial charge in [0.05, 0.1) is 45.5 Å². The van der Waals surface area contributed by atoms with Crippen molar-refractivity contribution < 1.29 is 0 Å². The summed E-state index contributed by atoms with van der Waals surface area (Å²) in [6, 6.07) is -0.133. The van der Waals surface area contributed by atoms with Crippen LogP contribution in [0.2, 0.25) is 0 Å². The van der Waals surface area contributed by atoms with Gasteiger partial charge in [0, 0.05) is 13.0 Å². The molecule has 2 heterocycles. The Hall–Kier alpha value is -0.790. The van der Waals surface area contributed by atoms with Crippen LogP contribution < -0.4 is 5.73 Å². The van der Waals surface area contributed by atoms with Gasteiger partial charge in [0.15, 0.2) is 0 Å². The van der Waals surface area contributed by atoms with E-state index in [-0.39, 0.29) is 6.04 Å². The quantitative estimate of drug-likeness (QED) is 0.913. The normalized spacial score (nSPS) is 12.9. The minimum Gasteiger partial charge on any atom is -0.322 e. The van der Waals surface area contributed by atoms with Crippen molar-refractivity contribution in [3.05, 3.63) is 27.8 Å². The Morgan fingerprint density at radius 3 is 2.83 bits per heavy atom. The monoisotopic (exact) mass is 329 g/mol. The van der Waals surface area contributed by atoms with E-state index in [0.29, 0.717) is 6.42 Å². The SMILES string of the molecule is CCc1nn(CC)c(CC(N)c2cnsn2)c1Br. The van der Waals surface area contributed by atoms with Crippen LogP contribution in [0.15, 0.2) is 10.7 Å². The molecule has 0 bridgehead atoms. The molecule has 1 unspecified atom stereocenters. The van der Waals surface area contributed by atoms with Crippen LogP contribution in [0.1, 0.15) is 37.0 Å². The summed E-state index contributed by atoms with van der Waals surface area (Å²) in [5.41, 5.74) is 9.21. The third-order valence-electron chi connectivity index (χ3n) is 2.87. The van der Waals surface area contributed by atoms with Gasteiger partial charge < -0.3 is 5.73 Å². The number of aromatic nitrogens is 4. The van der Waals surface area contributed by atoms with Gasteiger partial charge in [-0.25, -0.2) is 0 Å². The van der Waals surface area contributed by atoms with Crippen molar-refractivity contribution in [2.24, 2.45) is 5.73 Å². The van der Waals surface area contributed by atoms with E-state index in [9.17, 15) is 0 Å². The fourth-order valence-electron chi connectivity index (χ4n) is 1.86. The molecule has 2 aromatic heterocycles. The number of hydrogen-bond acceptors (Lipinski definition) is 5. The molecule has 0 saturated heterocycles. The predicted octanol–water partition coefficient (Wildman–Crippen LogP) is 2.32. The molecule has 0 aliphatic heterocycles. The van der Waals surface area contributed by atoms with Gasteiger partial charge in [-0.2, -0.15) is 13.8 Å². The van der Waals surface area contributed by atoms with Crippen molar-refractivity contribution in [2.45, 2.75) is 39.3 Å². The van der Waals surface area contributed by atoms with Gasteiger partial charge in [-0.05, 0) is 29.3 Å². The third kappa shape index (κ3) is 2.62. The maximum atomic E-state index is 6.16. The standard InChI is InChI=1S/C11H16BrN5S/c1-3-8-11(12)10(17(4-2)15-8)5-7(13)9-6-14-18-16-9/h6-7H,3-5,13H2,1-2H3. The smallest absolute Gasteiger partial charge is 0.0914 e. The van der Waals surface area contributed by atoms with Crippen LogP contribution in [-0.2, 0) is 19.4 Å². The lowest BCUT2D eigenvalue weighted by molar-refractivity contribution is 0.581. The number of halogens is 1. The van der Waals surface area contributed by atoms with Crippen LogP contribution in [0, 0.1) is 0 Å². The average Bonchev–Trinajstić information content (AvgIpc) is 2.99. The highest BCUT2D eigenvalue weighted by Gasteiger charge is 2.18. The molecule has 0 fully saturated rings. The largest absolute Gasteiger partial charge is 0.322 e. The summed E-state index contributed by atoms with van der Waals surface area (Å²) in [6.45, 7) is 5.02. The molecule has 0 aliphatic carbocycles. The summed E-state index contributed by atoms with van der Waals surface area (Å²) in [6.07, 6.45) is 3.36. The van der Waals surface area contributed by atoms with E-state index >= 15 is 0 Å². The molecular formula is C11H16BrN5S. The number of rotatable bonds is 5. The first kappa shape index (κ1) is 13.6. The lowest BCUT2D eigenvalue weighted by Crippen LogP contribution is -2.16. The number of nitrogens with zero attached hydrogens (tertiary/aromatic N) is 4. The molecule has 0 aliphatic rings. The summed E-state index contributed by atoms with van der Waals surface area (Å²) >= 11 is 4.81. The fraction of sp³-hybridized carbons (Fsp3) is 0.545. The maximum absolute atomic E-state index is 6.16. The molecule has 0 radical (unpaired) electrons. The Balaban J connectivity index is 2.25. The lowest BCUT2D eigenvalue weighted by Gasteiger charge is -2.10. The van der Waals surface area contributed by atoms with E-state index in [1.807, 2.05) is 4.68 Å². The molecule has 98 valence electrons. The summed E-state index contributed by atoms with van der Waals surface area (Å²) in [5, 5.41) is 4.56. The van der Waals surface area contributed by atoms with Gasteiger partial charge in [0.1, 0.15) is 0 Å². The van der Waals surface area contributed by atoms with Crippen LogP contribution >= 0.6 is 27.7 Å². The number of nitrogens with two attached hydrogens (primary N) is 1. The first-order valence-electron chi connectivity index (χ1n) is 5.94. The van der Waals surface area contributed by atoms with Crippen molar-refractivity contribution in [1.82, 2.24) is 18.5 Å². The molecule has 0 spiro atoms. The molecule has 0 aromatic carbocycles. The first-order valence-corrected chi connectivity index (χ1v) is 7.46. The Kier molecular flexibility index (Phi) is 4.47. The van der Waals surface area contributed by atoms with E-state index in [0.717, 1.165) is 34.5 Å². The second-order valence-electron chi connectivity index (χ2n) is 4.02. The van der Waals surface area contributed by atoms with Crippen LogP contribution in [0.25, 0.3) is 0 Å². The number of hydrogen-bond donors (Lipinski definition) is 1. The summed E-state index contributed by atoms with van der Waals surface area (Å²) in [7, 11) is 0. The zero-order valence-corrected chi connectivity index (χ0v) is 12.8. The molecule has 5 nitrogen and oxygen atoms in total. The predicted molar refractivity (Wildman–Crippen MR) is 75.5 cm³/mol. The highest BCUT2D eigenvalue weighted by molar-refractivity contribution is 9.10. The van der Waals surface area contributed by atoms with Gasteiger partial charge in [0.2, 0.25) is 0 Å². The van der Waals surface area contributed by atoms with E-state index < -0.39 is 0 Å². The molecular weight excluding hydrogens is 314 g/mol. The molecule has 7 heteroatoms. The Morgan fingerprint density at radius 1 is 1.50 bits per heavy atom. The molecule has 0 amide bonds. The second-order valence-corrected chi connectivity index (χ2v) is 5.37. The van der Waals surface area contributed by atoms with E-state index in [2.05, 4.69) is 43.6 Å². The molecule has 18 heavy (non-hydrogen) atoms. The van der Waals surface area contributed by atoms with Crippen LogP contribution in [0.4, 0.5) is 0 Å². The highest BCUT2D eigenvalue weighted by atomic mass is 79.9. The molecule has 2 N–H and O–H groups in total. The van der Waals surface area contributed by atoms with Gasteiger partial charge in [-0.3, -0.25) is 4.68 Å². The van der Waals surface area contributed by atoms with E-state index in [1.54, 1.807) is 6.20 Å². The summed E-state index contributed by atoms with van der Waals surface area (Å²) in [4.78, 5) is 0. The van der Waals surface area contributed by atoms with E-state index in [1.165, 1.54) is 11.7 Å². The van der Waals surface area contributed by atoms with Crippen molar-refractivity contribution in [3.63, 3.8) is 0 Å². The third-order valence-corrected chi connectivity index (χ3v) is 4.27. The topological polar surface area (TPSA) is 69.6 Å². The van der Waals surface area contributed by atoms with Crippen LogP contribution in [0.5, 0.6) is 0 Å². The van der Waals surface area contributed by atoms with Crippen molar-refractivity contribution in [3.8, 4) is 0 Å². The highest BCUT2D eigenvalue weighted by Crippen LogP contribution is 2.26. The van der Waals surface area contributed by atoms with Crippen LogP contribution in [-0.4, -0.2) is 18.5 Å². The zero-order chi connectivity index (χ0) is 13.1. The molecule has 2 rings (SSSR count). The minimum atomic E-state index is -0.133. The summed E-state index contributed by atoms with van der Waals surface area (Å²) in [5.74, 6) is 0. The van der Waals surface area contributed by atoms with Crippen molar-refractivity contribution >= 4 is 27.7 Å². The van der Waals surface area contributed by atoms with Gasteiger partial charge in [-0.15, -0.1) is 0 Å². The van der Waals surface area contributed by atoms with Gasteiger partial charge >= 0.3 is 0 Å². The van der Waals surface area contributed by atoms with Gasteiger partial charge in [-0.1, -0.05) is 6.92 Å². The minimum absolute atomic E-state index is 0.133. The first-order chi connectivity index (χ1) is 8.67. The zero-order valence-electron chi connectivity index (χ0n) is 10.4. The fourth-order valence-corrected chi connectivity index (χ4v) is 3.07. The number of aryl methyl sites for hydroxylation is 2. The van der Waals surface area contributed by atoms with E-state index in [4.69, 9.17) is 5.73 Å². The second kappa shape index (κ2) is 5.90.